The van der Waals surface area contributed by atoms with Crippen molar-refractivity contribution in [3.8, 4) is 28.3 Å². The molecule has 0 aliphatic heterocycles. The third-order valence-electron chi connectivity index (χ3n) is 6.14. The quantitative estimate of drug-likeness (QED) is 0.311. The predicted molar refractivity (Wildman–Crippen MR) is 143 cm³/mol. The molecule has 0 aliphatic carbocycles. The summed E-state index contributed by atoms with van der Waals surface area (Å²) >= 11 is 0. The molecule has 0 aliphatic rings. The van der Waals surface area contributed by atoms with E-state index < -0.39 is 16.8 Å². The lowest BCUT2D eigenvalue weighted by molar-refractivity contribution is 0.102. The maximum Gasteiger partial charge on any atom is 0.276 e. The summed E-state index contributed by atoms with van der Waals surface area (Å²) in [6.07, 6.45) is 0. The highest BCUT2D eigenvalue weighted by atomic mass is 32.2. The molecule has 2 N–H and O–H groups in total. The molecule has 0 atom stereocenters. The first kappa shape index (κ1) is 25.0. The van der Waals surface area contributed by atoms with Crippen LogP contribution in [0.3, 0.4) is 0 Å². The Kier molecular flexibility index (Phi) is 7.12. The number of amides is 1. The molecule has 0 saturated carbocycles. The Balaban J connectivity index is 1.69. The number of carbonyl (C=O) groups is 1. The first-order valence-corrected chi connectivity index (χ1v) is 12.4. The van der Waals surface area contributed by atoms with Crippen LogP contribution in [0.2, 0.25) is 0 Å². The molecule has 0 unspecified atom stereocenters. The number of hydrogen-bond acceptors (Lipinski definition) is 5. The van der Waals surface area contributed by atoms with Crippen molar-refractivity contribution in [1.82, 2.24) is 9.97 Å². The van der Waals surface area contributed by atoms with Gasteiger partial charge in [-0.2, -0.15) is 0 Å². The summed E-state index contributed by atoms with van der Waals surface area (Å²) in [5, 5.41) is 2.81. The molecule has 1 aromatic heterocycles. The molecular weight excluding hydrogens is 476 g/mol. The number of ether oxygens (including phenoxy) is 1. The summed E-state index contributed by atoms with van der Waals surface area (Å²) in [7, 11) is 0.318. The van der Waals surface area contributed by atoms with Crippen molar-refractivity contribution in [3.63, 3.8) is 0 Å². The average molecular weight is 505 g/mol. The smallest absolute Gasteiger partial charge is 0.276 e. The van der Waals surface area contributed by atoms with Crippen LogP contribution in [0.1, 0.15) is 27.3 Å². The highest BCUT2D eigenvalue weighted by Crippen LogP contribution is 2.39. The van der Waals surface area contributed by atoms with E-state index in [-0.39, 0.29) is 5.69 Å². The second-order valence-corrected chi connectivity index (χ2v) is 9.53. The van der Waals surface area contributed by atoms with Crippen molar-refractivity contribution in [1.29, 1.82) is 0 Å². The molecule has 0 saturated heterocycles. The summed E-state index contributed by atoms with van der Waals surface area (Å²) in [6.45, 7) is 5.86. The minimum atomic E-state index is -2.78. The fraction of sp³-hybridized carbons (Fsp3) is 0.185. The van der Waals surface area contributed by atoms with Gasteiger partial charge in [-0.25, -0.2) is 13.4 Å². The van der Waals surface area contributed by atoms with E-state index in [2.05, 4.69) is 34.3 Å². The number of nitrogens with one attached hydrogen (secondary N) is 2. The molecule has 8 nitrogen and oxygen atoms in total. The zero-order chi connectivity index (χ0) is 26.0. The topological polar surface area (TPSA) is 104 Å². The largest absolute Gasteiger partial charge is 0.496 e. The summed E-state index contributed by atoms with van der Waals surface area (Å²) in [5.41, 5.74) is 6.79. The average Bonchev–Trinajstić information content (AvgIpc) is 3.25. The first-order chi connectivity index (χ1) is 17.2. The molecule has 0 bridgehead atoms. The number of methoxy groups -OCH3 is 1. The minimum Gasteiger partial charge on any atom is -0.496 e. The number of aryl methyl sites for hydroxylation is 2. The number of carbonyl (C=O) groups excluding carboxylic acids is 1. The Morgan fingerprint density at radius 2 is 1.75 bits per heavy atom. The van der Waals surface area contributed by atoms with Crippen LogP contribution in [0, 0.1) is 20.8 Å². The van der Waals surface area contributed by atoms with Gasteiger partial charge in [-0.15, -0.1) is 0 Å². The number of hydrogen-bond donors (Lipinski definition) is 3. The monoisotopic (exact) mass is 504 g/mol. The Hall–Kier alpha value is -4.11. The SMILES string of the molecule is COc1ccc(-c2nc(C(=O)Nc3cccc(N(C)[SH](=O)=O)c3)c(C)[nH]2)c(C)c1-c1ccccc1C. The van der Waals surface area contributed by atoms with Gasteiger partial charge in [0.25, 0.3) is 5.91 Å². The molecule has 3 aromatic carbocycles. The molecule has 4 aromatic rings. The number of anilines is 2. The number of benzene rings is 3. The van der Waals surface area contributed by atoms with Gasteiger partial charge in [-0.1, -0.05) is 30.3 Å². The predicted octanol–water partition coefficient (Wildman–Crippen LogP) is 4.89. The van der Waals surface area contributed by atoms with Crippen LogP contribution in [-0.4, -0.2) is 38.5 Å². The third-order valence-corrected chi connectivity index (χ3v) is 6.86. The molecule has 0 spiro atoms. The van der Waals surface area contributed by atoms with Gasteiger partial charge in [0.1, 0.15) is 17.3 Å². The second-order valence-electron chi connectivity index (χ2n) is 8.46. The van der Waals surface area contributed by atoms with E-state index in [0.717, 1.165) is 37.9 Å². The Morgan fingerprint density at radius 3 is 2.44 bits per heavy atom. The van der Waals surface area contributed by atoms with Crippen LogP contribution in [0.5, 0.6) is 5.75 Å². The van der Waals surface area contributed by atoms with Crippen LogP contribution in [0.15, 0.2) is 60.7 Å². The van der Waals surface area contributed by atoms with Gasteiger partial charge in [-0.05, 0) is 67.8 Å². The van der Waals surface area contributed by atoms with Gasteiger partial charge >= 0.3 is 0 Å². The molecular formula is C27H28N4O4S. The number of rotatable bonds is 7. The molecule has 4 rings (SSSR count). The van der Waals surface area contributed by atoms with E-state index in [1.807, 2.05) is 31.2 Å². The van der Waals surface area contributed by atoms with Crippen LogP contribution >= 0.6 is 0 Å². The maximum atomic E-state index is 13.1. The Bertz CT molecular complexity index is 1520. The van der Waals surface area contributed by atoms with E-state index in [9.17, 15) is 13.2 Å². The summed E-state index contributed by atoms with van der Waals surface area (Å²) in [4.78, 5) is 20.9. The number of aromatic amines is 1. The molecule has 0 fully saturated rings. The van der Waals surface area contributed by atoms with Crippen LogP contribution in [0.25, 0.3) is 22.5 Å². The lowest BCUT2D eigenvalue weighted by Gasteiger charge is -2.16. The van der Waals surface area contributed by atoms with Crippen molar-refractivity contribution >= 4 is 28.2 Å². The Morgan fingerprint density at radius 1 is 1.00 bits per heavy atom. The number of thiol groups is 1. The van der Waals surface area contributed by atoms with Crippen molar-refractivity contribution in [3.05, 3.63) is 83.2 Å². The fourth-order valence-electron chi connectivity index (χ4n) is 4.18. The number of imidazole rings is 1. The second kappa shape index (κ2) is 10.2. The van der Waals surface area contributed by atoms with E-state index >= 15 is 0 Å². The Labute approximate surface area is 212 Å². The molecule has 0 radical (unpaired) electrons. The highest BCUT2D eigenvalue weighted by molar-refractivity contribution is 7.74. The van der Waals surface area contributed by atoms with Crippen LogP contribution in [0.4, 0.5) is 11.4 Å². The van der Waals surface area contributed by atoms with E-state index in [4.69, 9.17) is 4.74 Å². The van der Waals surface area contributed by atoms with Gasteiger partial charge in [0, 0.05) is 29.6 Å². The number of aromatic nitrogens is 2. The van der Waals surface area contributed by atoms with Crippen molar-refractivity contribution in [2.24, 2.45) is 0 Å². The van der Waals surface area contributed by atoms with Gasteiger partial charge in [0.2, 0.25) is 10.9 Å². The molecule has 36 heavy (non-hydrogen) atoms. The van der Waals surface area contributed by atoms with Crippen molar-refractivity contribution in [2.45, 2.75) is 20.8 Å². The summed E-state index contributed by atoms with van der Waals surface area (Å²) < 4.78 is 29.4. The highest BCUT2D eigenvalue weighted by Gasteiger charge is 2.20. The standard InChI is InChI=1S/C27H28N4O4S/c1-16-9-6-7-12-21(16)24-17(2)22(13-14-23(24)35-5)26-28-18(3)25(30-26)27(32)29-19-10-8-11-20(15-19)31(4)36(33)34/h6-15,36H,1-5H3,(H,28,30)(H,29,32). The summed E-state index contributed by atoms with van der Waals surface area (Å²) in [6, 6.07) is 18.6. The van der Waals surface area contributed by atoms with Crippen molar-refractivity contribution in [2.75, 3.05) is 23.8 Å². The van der Waals surface area contributed by atoms with E-state index in [1.54, 1.807) is 38.3 Å². The van der Waals surface area contributed by atoms with Gasteiger partial charge in [0.15, 0.2) is 0 Å². The van der Waals surface area contributed by atoms with Gasteiger partial charge < -0.3 is 15.0 Å². The lowest BCUT2D eigenvalue weighted by Crippen LogP contribution is -2.16. The molecule has 9 heteroatoms. The molecule has 1 amide bonds. The van der Waals surface area contributed by atoms with Crippen LogP contribution < -0.4 is 14.4 Å². The van der Waals surface area contributed by atoms with Gasteiger partial charge in [-0.3, -0.25) is 9.10 Å². The van der Waals surface area contributed by atoms with Crippen molar-refractivity contribution < 1.29 is 17.9 Å². The van der Waals surface area contributed by atoms with Crippen LogP contribution in [-0.2, 0) is 10.9 Å². The summed E-state index contributed by atoms with van der Waals surface area (Å²) in [5.74, 6) is 0.938. The third kappa shape index (κ3) is 4.83. The maximum absolute atomic E-state index is 13.1. The number of nitrogens with zero attached hydrogens (tertiary/aromatic N) is 2. The zero-order valence-corrected chi connectivity index (χ0v) is 21.6. The molecule has 1 heterocycles. The lowest BCUT2D eigenvalue weighted by atomic mass is 9.92. The fourth-order valence-corrected chi connectivity index (χ4v) is 4.49. The first-order valence-electron chi connectivity index (χ1n) is 11.3. The van der Waals surface area contributed by atoms with Gasteiger partial charge in [0.05, 0.1) is 12.8 Å². The number of H-pyrrole nitrogens is 1. The van der Waals surface area contributed by atoms with E-state index in [0.29, 0.717) is 22.9 Å². The zero-order valence-electron chi connectivity index (χ0n) is 20.7. The normalized spacial score (nSPS) is 10.9. The minimum absolute atomic E-state index is 0.256. The van der Waals surface area contributed by atoms with E-state index in [1.165, 1.54) is 7.05 Å². The molecule has 186 valence electrons.